The quantitative estimate of drug-likeness (QED) is 0.838. The number of benzene rings is 1. The topological polar surface area (TPSA) is 72.2 Å². The van der Waals surface area contributed by atoms with Crippen LogP contribution in [0.4, 0.5) is 14.5 Å². The molecule has 0 heterocycles. The first-order valence-corrected chi connectivity index (χ1v) is 7.51. The van der Waals surface area contributed by atoms with Crippen LogP contribution in [-0.4, -0.2) is 14.0 Å². The van der Waals surface area contributed by atoms with Crippen molar-refractivity contribution in [2.24, 2.45) is 0 Å². The zero-order valence-corrected chi connectivity index (χ0v) is 11.4. The molecule has 0 saturated heterocycles. The Kier molecular flexibility index (Phi) is 3.53. The maximum Gasteiger partial charge on any atom is 0.244 e. The lowest BCUT2D eigenvalue weighted by Crippen LogP contribution is -2.43. The molecule has 2 rings (SSSR count). The number of nitrogens with two attached hydrogens (primary N) is 1. The minimum atomic E-state index is -4.04. The molecule has 106 valence electrons. The van der Waals surface area contributed by atoms with Crippen LogP contribution in [0.1, 0.15) is 32.6 Å². The van der Waals surface area contributed by atoms with Crippen LogP contribution in [0.15, 0.2) is 17.0 Å². The standard InChI is InChI=1S/C12H16F2N2O2S/c1-12(6-2-3-7-12)16-19(17,18)9-5-4-8(13)11(15)10(9)14/h4-5,16H,2-3,6-7,15H2,1H3. The zero-order chi connectivity index (χ0) is 14.3. The van der Waals surface area contributed by atoms with Gasteiger partial charge in [0.25, 0.3) is 0 Å². The number of rotatable bonds is 3. The molecule has 0 amide bonds. The Labute approximate surface area is 111 Å². The van der Waals surface area contributed by atoms with Gasteiger partial charge in [-0.3, -0.25) is 0 Å². The second-order valence-electron chi connectivity index (χ2n) is 5.15. The fraction of sp³-hybridized carbons (Fsp3) is 0.500. The average Bonchev–Trinajstić information content (AvgIpc) is 2.71. The Hall–Kier alpha value is -1.21. The van der Waals surface area contributed by atoms with Crippen LogP contribution in [0.3, 0.4) is 0 Å². The molecular formula is C12H16F2N2O2S. The van der Waals surface area contributed by atoms with Gasteiger partial charge in [0.05, 0.1) is 0 Å². The van der Waals surface area contributed by atoms with Crippen LogP contribution in [0.25, 0.3) is 0 Å². The fourth-order valence-corrected chi connectivity index (χ4v) is 3.95. The molecule has 1 saturated carbocycles. The highest BCUT2D eigenvalue weighted by molar-refractivity contribution is 7.89. The van der Waals surface area contributed by atoms with Crippen LogP contribution in [0.5, 0.6) is 0 Å². The summed E-state index contributed by atoms with van der Waals surface area (Å²) in [5.41, 5.74) is 3.82. The van der Waals surface area contributed by atoms with Crippen molar-refractivity contribution < 1.29 is 17.2 Å². The lowest BCUT2D eigenvalue weighted by atomic mass is 10.0. The molecule has 0 bridgehead atoms. The number of halogens is 2. The summed E-state index contributed by atoms with van der Waals surface area (Å²) in [6.45, 7) is 1.78. The Morgan fingerprint density at radius 1 is 1.26 bits per heavy atom. The SMILES string of the molecule is CC1(NS(=O)(=O)c2ccc(F)c(N)c2F)CCCC1. The van der Waals surface area contributed by atoms with E-state index in [-0.39, 0.29) is 0 Å². The minimum absolute atomic E-state index is 0.575. The van der Waals surface area contributed by atoms with Crippen molar-refractivity contribution >= 4 is 15.7 Å². The van der Waals surface area contributed by atoms with Crippen molar-refractivity contribution in [1.29, 1.82) is 0 Å². The van der Waals surface area contributed by atoms with E-state index in [1.54, 1.807) is 6.92 Å². The first kappa shape index (κ1) is 14.2. The molecule has 0 atom stereocenters. The molecular weight excluding hydrogens is 274 g/mol. The molecule has 1 aliphatic carbocycles. The number of anilines is 1. The summed E-state index contributed by atoms with van der Waals surface area (Å²) in [6.07, 6.45) is 3.25. The predicted molar refractivity (Wildman–Crippen MR) is 68.0 cm³/mol. The molecule has 19 heavy (non-hydrogen) atoms. The van der Waals surface area contributed by atoms with Crippen molar-refractivity contribution in [3.05, 3.63) is 23.8 Å². The van der Waals surface area contributed by atoms with Crippen molar-refractivity contribution in [2.45, 2.75) is 43.0 Å². The molecule has 0 aromatic heterocycles. The number of sulfonamides is 1. The summed E-state index contributed by atoms with van der Waals surface area (Å²) in [4.78, 5) is -0.612. The maximum atomic E-state index is 13.8. The van der Waals surface area contributed by atoms with Crippen LogP contribution < -0.4 is 10.5 Å². The van der Waals surface area contributed by atoms with Crippen LogP contribution in [0.2, 0.25) is 0 Å². The van der Waals surface area contributed by atoms with Gasteiger partial charge in [0.1, 0.15) is 16.4 Å². The molecule has 3 N–H and O–H groups in total. The van der Waals surface area contributed by atoms with E-state index in [4.69, 9.17) is 5.73 Å². The first-order valence-electron chi connectivity index (χ1n) is 6.03. The fourth-order valence-electron chi connectivity index (χ4n) is 2.39. The molecule has 0 aliphatic heterocycles. The van der Waals surface area contributed by atoms with Gasteiger partial charge in [-0.05, 0) is 31.9 Å². The summed E-state index contributed by atoms with van der Waals surface area (Å²) < 4.78 is 53.6. The first-order chi connectivity index (χ1) is 8.75. The van der Waals surface area contributed by atoms with E-state index in [0.717, 1.165) is 25.0 Å². The van der Waals surface area contributed by atoms with E-state index in [1.165, 1.54) is 0 Å². The molecule has 1 aromatic carbocycles. The van der Waals surface area contributed by atoms with Crippen LogP contribution >= 0.6 is 0 Å². The van der Waals surface area contributed by atoms with Crippen LogP contribution in [-0.2, 0) is 10.0 Å². The Morgan fingerprint density at radius 3 is 2.42 bits per heavy atom. The zero-order valence-electron chi connectivity index (χ0n) is 10.5. The average molecular weight is 290 g/mol. The van der Waals surface area contributed by atoms with Gasteiger partial charge in [0.15, 0.2) is 5.82 Å². The lowest BCUT2D eigenvalue weighted by Gasteiger charge is -2.25. The van der Waals surface area contributed by atoms with Gasteiger partial charge in [-0.1, -0.05) is 12.8 Å². The third kappa shape index (κ3) is 2.71. The highest BCUT2D eigenvalue weighted by atomic mass is 32.2. The normalized spacial score (nSPS) is 18.7. The van der Waals surface area contributed by atoms with Crippen molar-refractivity contribution in [2.75, 3.05) is 5.73 Å². The second kappa shape index (κ2) is 4.72. The number of nitrogen functional groups attached to an aromatic ring is 1. The lowest BCUT2D eigenvalue weighted by molar-refractivity contribution is 0.425. The summed E-state index contributed by atoms with van der Waals surface area (Å²) in [7, 11) is -4.04. The van der Waals surface area contributed by atoms with Gasteiger partial charge in [-0.2, -0.15) is 0 Å². The second-order valence-corrected chi connectivity index (χ2v) is 6.80. The molecule has 1 aliphatic rings. The van der Waals surface area contributed by atoms with Gasteiger partial charge >= 0.3 is 0 Å². The van der Waals surface area contributed by atoms with Crippen molar-refractivity contribution in [3.8, 4) is 0 Å². The molecule has 7 heteroatoms. The molecule has 1 aromatic rings. The summed E-state index contributed by atoms with van der Waals surface area (Å²) in [5.74, 6) is -2.21. The number of hydrogen-bond acceptors (Lipinski definition) is 3. The van der Waals surface area contributed by atoms with E-state index < -0.39 is 37.8 Å². The van der Waals surface area contributed by atoms with E-state index in [9.17, 15) is 17.2 Å². The monoisotopic (exact) mass is 290 g/mol. The minimum Gasteiger partial charge on any atom is -0.394 e. The predicted octanol–water partition coefficient (Wildman–Crippen LogP) is 2.16. The van der Waals surface area contributed by atoms with E-state index >= 15 is 0 Å². The van der Waals surface area contributed by atoms with Gasteiger partial charge in [-0.15, -0.1) is 0 Å². The highest BCUT2D eigenvalue weighted by Gasteiger charge is 2.35. The van der Waals surface area contributed by atoms with Crippen LogP contribution in [0, 0.1) is 11.6 Å². The Balaban J connectivity index is 2.37. The third-order valence-electron chi connectivity index (χ3n) is 3.47. The van der Waals surface area contributed by atoms with Gasteiger partial charge < -0.3 is 5.73 Å². The molecule has 0 radical (unpaired) electrons. The van der Waals surface area contributed by atoms with E-state index in [1.807, 2.05) is 0 Å². The third-order valence-corrected chi connectivity index (χ3v) is 5.12. The van der Waals surface area contributed by atoms with Gasteiger partial charge in [-0.25, -0.2) is 21.9 Å². The smallest absolute Gasteiger partial charge is 0.244 e. The molecule has 0 spiro atoms. The van der Waals surface area contributed by atoms with Gasteiger partial charge in [0, 0.05) is 5.54 Å². The van der Waals surface area contributed by atoms with Crippen molar-refractivity contribution in [3.63, 3.8) is 0 Å². The number of hydrogen-bond donors (Lipinski definition) is 2. The maximum absolute atomic E-state index is 13.8. The Morgan fingerprint density at radius 2 is 1.84 bits per heavy atom. The number of nitrogens with one attached hydrogen (secondary N) is 1. The summed E-state index contributed by atoms with van der Waals surface area (Å²) in [6, 6.07) is 1.74. The highest BCUT2D eigenvalue weighted by Crippen LogP contribution is 2.31. The van der Waals surface area contributed by atoms with E-state index in [2.05, 4.69) is 4.72 Å². The Bertz CT molecular complexity index is 596. The molecule has 4 nitrogen and oxygen atoms in total. The summed E-state index contributed by atoms with van der Waals surface area (Å²) >= 11 is 0. The van der Waals surface area contributed by atoms with E-state index in [0.29, 0.717) is 12.8 Å². The summed E-state index contributed by atoms with van der Waals surface area (Å²) in [5, 5.41) is 0. The molecule has 0 unspecified atom stereocenters. The van der Waals surface area contributed by atoms with Gasteiger partial charge in [0.2, 0.25) is 10.0 Å². The molecule has 1 fully saturated rings. The van der Waals surface area contributed by atoms with Crippen molar-refractivity contribution in [1.82, 2.24) is 4.72 Å². The largest absolute Gasteiger partial charge is 0.394 e.